The maximum atomic E-state index is 11.1. The zero-order chi connectivity index (χ0) is 24.1. The molecule has 1 atom stereocenters. The summed E-state index contributed by atoms with van der Waals surface area (Å²) in [6.07, 6.45) is -0.0222. The van der Waals surface area contributed by atoms with E-state index in [1.165, 1.54) is 4.70 Å². The van der Waals surface area contributed by atoms with Crippen LogP contribution in [0.4, 0.5) is 0 Å². The van der Waals surface area contributed by atoms with Gasteiger partial charge in [0.25, 0.3) is 0 Å². The minimum atomic E-state index is -0.865. The fourth-order valence-electron chi connectivity index (χ4n) is 3.81. The van der Waals surface area contributed by atoms with Crippen molar-refractivity contribution in [1.82, 2.24) is 4.98 Å². The number of carboxylic acid groups (broad SMARTS) is 1. The summed E-state index contributed by atoms with van der Waals surface area (Å²) in [6.45, 7) is 4.19. The summed E-state index contributed by atoms with van der Waals surface area (Å²) in [4.78, 5) is 15.8. The van der Waals surface area contributed by atoms with Gasteiger partial charge >= 0.3 is 5.97 Å². The molecule has 0 saturated carbocycles. The summed E-state index contributed by atoms with van der Waals surface area (Å²) in [6, 6.07) is 17.7. The van der Waals surface area contributed by atoms with E-state index in [2.05, 4.69) is 47.3 Å². The number of carboxylic acids is 1. The van der Waals surface area contributed by atoms with Gasteiger partial charge in [-0.1, -0.05) is 30.2 Å². The number of pyridine rings is 1. The van der Waals surface area contributed by atoms with Crippen molar-refractivity contribution in [2.45, 2.75) is 32.8 Å². The monoisotopic (exact) mass is 471 g/mol. The molecule has 0 unspecified atom stereocenters. The molecule has 34 heavy (non-hydrogen) atoms. The average Bonchev–Trinajstić information content (AvgIpc) is 3.26. The van der Waals surface area contributed by atoms with Crippen LogP contribution in [0, 0.1) is 18.8 Å². The highest BCUT2D eigenvalue weighted by Crippen LogP contribution is 2.36. The van der Waals surface area contributed by atoms with Gasteiger partial charge in [-0.3, -0.25) is 4.79 Å². The van der Waals surface area contributed by atoms with E-state index in [1.807, 2.05) is 36.4 Å². The molecule has 0 aliphatic rings. The second-order valence-corrected chi connectivity index (χ2v) is 8.81. The summed E-state index contributed by atoms with van der Waals surface area (Å²) < 4.78 is 12.5. The van der Waals surface area contributed by atoms with Crippen LogP contribution in [0.2, 0.25) is 0 Å². The number of aryl methyl sites for hydroxylation is 1. The first-order chi connectivity index (χ1) is 16.5. The van der Waals surface area contributed by atoms with Crippen molar-refractivity contribution in [3.63, 3.8) is 0 Å². The second kappa shape index (κ2) is 10.4. The number of rotatable bonds is 8. The summed E-state index contributed by atoms with van der Waals surface area (Å²) in [5.41, 5.74) is 5.03. The Morgan fingerprint density at radius 1 is 1.15 bits per heavy atom. The summed E-state index contributed by atoms with van der Waals surface area (Å²) >= 11 is 1.69. The zero-order valence-electron chi connectivity index (χ0n) is 19.3. The van der Waals surface area contributed by atoms with Crippen molar-refractivity contribution in [2.75, 3.05) is 7.11 Å². The van der Waals surface area contributed by atoms with E-state index in [0.717, 1.165) is 39.1 Å². The van der Waals surface area contributed by atoms with Crippen LogP contribution >= 0.6 is 11.3 Å². The highest BCUT2D eigenvalue weighted by molar-refractivity contribution is 7.17. The lowest BCUT2D eigenvalue weighted by molar-refractivity contribution is -0.137. The molecule has 0 aliphatic carbocycles. The molecule has 0 amide bonds. The number of benzene rings is 2. The van der Waals surface area contributed by atoms with E-state index in [-0.39, 0.29) is 12.3 Å². The Bertz CT molecular complexity index is 1380. The standard InChI is InChI=1S/C28H25NO4S/c1-4-5-21(15-27(30)31)20-8-10-22(11-9-20)33-16-19-7-12-25-23(14-19)24(17-34-25)28-18(2)6-13-26(29-28)32-3/h6-14,17,21H,15-16H2,1-3H3,(H,30,31)/t21-/m0/s1. The van der Waals surface area contributed by atoms with Gasteiger partial charge in [-0.05, 0) is 54.8 Å². The van der Waals surface area contributed by atoms with Gasteiger partial charge in [0.2, 0.25) is 5.88 Å². The quantitative estimate of drug-likeness (QED) is 0.300. The Hall–Kier alpha value is -3.82. The van der Waals surface area contributed by atoms with Gasteiger partial charge in [-0.15, -0.1) is 17.3 Å². The van der Waals surface area contributed by atoms with Gasteiger partial charge in [-0.2, -0.15) is 0 Å². The van der Waals surface area contributed by atoms with Crippen LogP contribution in [0.5, 0.6) is 11.6 Å². The lowest BCUT2D eigenvalue weighted by Gasteiger charge is -2.11. The molecule has 172 valence electrons. The molecular formula is C28H25NO4S. The minimum Gasteiger partial charge on any atom is -0.489 e. The number of carbonyl (C=O) groups is 1. The zero-order valence-corrected chi connectivity index (χ0v) is 20.1. The number of aliphatic carboxylic acids is 1. The maximum Gasteiger partial charge on any atom is 0.304 e. The number of ether oxygens (including phenoxy) is 2. The molecule has 4 aromatic rings. The first-order valence-corrected chi connectivity index (χ1v) is 11.8. The number of nitrogens with zero attached hydrogens (tertiary/aromatic N) is 1. The summed E-state index contributed by atoms with van der Waals surface area (Å²) in [5, 5.41) is 12.4. The molecule has 2 heterocycles. The smallest absolute Gasteiger partial charge is 0.304 e. The van der Waals surface area contributed by atoms with Crippen LogP contribution in [0.3, 0.4) is 0 Å². The van der Waals surface area contributed by atoms with E-state index >= 15 is 0 Å². The fourth-order valence-corrected chi connectivity index (χ4v) is 4.74. The second-order valence-electron chi connectivity index (χ2n) is 7.90. The lowest BCUT2D eigenvalue weighted by Crippen LogP contribution is -2.04. The van der Waals surface area contributed by atoms with Gasteiger partial charge in [0.1, 0.15) is 12.4 Å². The van der Waals surface area contributed by atoms with Crippen LogP contribution in [-0.2, 0) is 11.4 Å². The molecule has 0 bridgehead atoms. The highest BCUT2D eigenvalue weighted by atomic mass is 32.1. The molecule has 0 aliphatic heterocycles. The van der Waals surface area contributed by atoms with E-state index < -0.39 is 5.97 Å². The largest absolute Gasteiger partial charge is 0.489 e. The van der Waals surface area contributed by atoms with E-state index in [0.29, 0.717) is 12.5 Å². The van der Waals surface area contributed by atoms with Gasteiger partial charge in [0, 0.05) is 27.1 Å². The van der Waals surface area contributed by atoms with Crippen molar-refractivity contribution >= 4 is 27.4 Å². The first-order valence-electron chi connectivity index (χ1n) is 10.9. The van der Waals surface area contributed by atoms with Crippen LogP contribution in [-0.4, -0.2) is 23.2 Å². The van der Waals surface area contributed by atoms with E-state index in [4.69, 9.17) is 14.6 Å². The van der Waals surface area contributed by atoms with Gasteiger partial charge in [0.15, 0.2) is 0 Å². The Kier molecular flexibility index (Phi) is 7.15. The van der Waals surface area contributed by atoms with Crippen LogP contribution in [0.1, 0.15) is 36.0 Å². The molecule has 0 saturated heterocycles. The molecule has 6 heteroatoms. The Balaban J connectivity index is 1.53. The molecular weight excluding hydrogens is 446 g/mol. The minimum absolute atomic E-state index is 0.0222. The lowest BCUT2D eigenvalue weighted by atomic mass is 9.96. The molecule has 4 rings (SSSR count). The Labute approximate surface area is 203 Å². The number of fused-ring (bicyclic) bond motifs is 1. The molecule has 0 radical (unpaired) electrons. The molecule has 2 aromatic carbocycles. The van der Waals surface area contributed by atoms with Crippen LogP contribution in [0.25, 0.3) is 21.3 Å². The van der Waals surface area contributed by atoms with Gasteiger partial charge < -0.3 is 14.6 Å². The van der Waals surface area contributed by atoms with Crippen molar-refractivity contribution in [3.05, 3.63) is 76.7 Å². The molecule has 2 aromatic heterocycles. The van der Waals surface area contributed by atoms with Crippen LogP contribution in [0.15, 0.2) is 60.0 Å². The molecule has 1 N–H and O–H groups in total. The average molecular weight is 472 g/mol. The SMILES string of the molecule is CC#C[C@@H](CC(=O)O)c1ccc(OCc2ccc3scc(-c4nc(OC)ccc4C)c3c2)cc1. The third-order valence-corrected chi connectivity index (χ3v) is 6.52. The molecule has 5 nitrogen and oxygen atoms in total. The van der Waals surface area contributed by atoms with Crippen molar-refractivity contribution in [2.24, 2.45) is 0 Å². The Morgan fingerprint density at radius 3 is 2.65 bits per heavy atom. The van der Waals surface area contributed by atoms with Gasteiger partial charge in [0.05, 0.1) is 25.1 Å². The normalized spacial score (nSPS) is 11.5. The van der Waals surface area contributed by atoms with Gasteiger partial charge in [-0.25, -0.2) is 4.98 Å². The van der Waals surface area contributed by atoms with E-state index in [9.17, 15) is 4.79 Å². The number of methoxy groups -OCH3 is 1. The van der Waals surface area contributed by atoms with Crippen molar-refractivity contribution in [3.8, 4) is 34.7 Å². The number of hydrogen-bond donors (Lipinski definition) is 1. The predicted octanol–water partition coefficient (Wildman–Crippen LogP) is 6.44. The van der Waals surface area contributed by atoms with Crippen molar-refractivity contribution in [1.29, 1.82) is 0 Å². The predicted molar refractivity (Wildman–Crippen MR) is 136 cm³/mol. The first kappa shape index (κ1) is 23.3. The molecule has 0 spiro atoms. The number of hydrogen-bond acceptors (Lipinski definition) is 5. The number of thiophene rings is 1. The summed E-state index contributed by atoms with van der Waals surface area (Å²) in [7, 11) is 1.62. The topological polar surface area (TPSA) is 68.7 Å². The summed E-state index contributed by atoms with van der Waals surface area (Å²) in [5.74, 6) is 5.91. The van der Waals surface area contributed by atoms with E-state index in [1.54, 1.807) is 25.4 Å². The maximum absolute atomic E-state index is 11.1. The number of aromatic nitrogens is 1. The fraction of sp³-hybridized carbons (Fsp3) is 0.214. The Morgan fingerprint density at radius 2 is 1.94 bits per heavy atom. The highest BCUT2D eigenvalue weighted by Gasteiger charge is 2.14. The van der Waals surface area contributed by atoms with Crippen LogP contribution < -0.4 is 9.47 Å². The van der Waals surface area contributed by atoms with Crippen molar-refractivity contribution < 1.29 is 19.4 Å². The third-order valence-electron chi connectivity index (χ3n) is 5.56. The molecule has 0 fully saturated rings. The third kappa shape index (κ3) is 5.22.